The van der Waals surface area contributed by atoms with Crippen LogP contribution in [0.3, 0.4) is 0 Å². The highest BCUT2D eigenvalue weighted by molar-refractivity contribution is 6.20. The maximum absolute atomic E-state index is 6.44. The lowest BCUT2D eigenvalue weighted by molar-refractivity contribution is 0.414. The van der Waals surface area contributed by atoms with Crippen LogP contribution in [0.15, 0.2) is 24.3 Å². The second-order valence-electron chi connectivity index (χ2n) is 4.76. The number of rotatable bonds is 5. The summed E-state index contributed by atoms with van der Waals surface area (Å²) in [7, 11) is 1.69. The molecule has 1 aromatic rings. The molecule has 1 fully saturated rings. The van der Waals surface area contributed by atoms with E-state index < -0.39 is 0 Å². The number of ether oxygens (including phenoxy) is 1. The zero-order valence-electron chi connectivity index (χ0n) is 9.95. The molecule has 2 heteroatoms. The predicted molar refractivity (Wildman–Crippen MR) is 68.2 cm³/mol. The smallest absolute Gasteiger partial charge is 0.118 e. The Morgan fingerprint density at radius 1 is 1.31 bits per heavy atom. The first-order valence-electron chi connectivity index (χ1n) is 5.97. The molecule has 88 valence electrons. The SMILES string of the molecule is COc1ccc(CC(Cl)C(C)C2CC2)cc1. The Hall–Kier alpha value is -0.690. The van der Waals surface area contributed by atoms with Crippen molar-refractivity contribution in [3.8, 4) is 5.75 Å². The number of hydrogen-bond acceptors (Lipinski definition) is 1. The van der Waals surface area contributed by atoms with E-state index in [1.807, 2.05) is 12.1 Å². The summed E-state index contributed by atoms with van der Waals surface area (Å²) >= 11 is 6.44. The van der Waals surface area contributed by atoms with E-state index in [9.17, 15) is 0 Å². The van der Waals surface area contributed by atoms with E-state index >= 15 is 0 Å². The van der Waals surface area contributed by atoms with Crippen molar-refractivity contribution in [2.45, 2.75) is 31.6 Å². The zero-order valence-corrected chi connectivity index (χ0v) is 10.7. The van der Waals surface area contributed by atoms with Gasteiger partial charge in [-0.05, 0) is 48.8 Å². The fourth-order valence-electron chi connectivity index (χ4n) is 2.09. The van der Waals surface area contributed by atoms with E-state index in [0.29, 0.717) is 5.92 Å². The van der Waals surface area contributed by atoms with Gasteiger partial charge in [-0.15, -0.1) is 11.6 Å². The summed E-state index contributed by atoms with van der Waals surface area (Å²) in [6, 6.07) is 8.21. The Morgan fingerprint density at radius 2 is 1.94 bits per heavy atom. The van der Waals surface area contributed by atoms with Gasteiger partial charge in [-0.2, -0.15) is 0 Å². The highest BCUT2D eigenvalue weighted by atomic mass is 35.5. The van der Waals surface area contributed by atoms with Crippen LogP contribution in [-0.4, -0.2) is 12.5 Å². The molecule has 1 aliphatic rings. The van der Waals surface area contributed by atoms with E-state index in [-0.39, 0.29) is 5.38 Å². The maximum Gasteiger partial charge on any atom is 0.118 e. The molecule has 0 aliphatic heterocycles. The summed E-state index contributed by atoms with van der Waals surface area (Å²) in [5.74, 6) is 2.43. The lowest BCUT2D eigenvalue weighted by Gasteiger charge is -2.17. The number of alkyl halides is 1. The molecular weight excluding hydrogens is 220 g/mol. The summed E-state index contributed by atoms with van der Waals surface area (Å²) in [4.78, 5) is 0. The fourth-order valence-corrected chi connectivity index (χ4v) is 2.47. The minimum atomic E-state index is 0.265. The molecule has 0 N–H and O–H groups in total. The molecule has 0 amide bonds. The molecule has 2 unspecified atom stereocenters. The van der Waals surface area contributed by atoms with Gasteiger partial charge in [-0.25, -0.2) is 0 Å². The quantitative estimate of drug-likeness (QED) is 0.708. The number of halogens is 1. The van der Waals surface area contributed by atoms with Gasteiger partial charge in [0.2, 0.25) is 0 Å². The van der Waals surface area contributed by atoms with Crippen LogP contribution in [0.4, 0.5) is 0 Å². The topological polar surface area (TPSA) is 9.23 Å². The lowest BCUT2D eigenvalue weighted by Crippen LogP contribution is -2.16. The Morgan fingerprint density at radius 3 is 2.44 bits per heavy atom. The summed E-state index contributed by atoms with van der Waals surface area (Å²) in [5.41, 5.74) is 1.30. The van der Waals surface area contributed by atoms with Crippen molar-refractivity contribution in [2.75, 3.05) is 7.11 Å². The van der Waals surface area contributed by atoms with Crippen molar-refractivity contribution in [2.24, 2.45) is 11.8 Å². The highest BCUT2D eigenvalue weighted by Crippen LogP contribution is 2.40. The molecule has 0 aromatic heterocycles. The molecule has 0 spiro atoms. The third-order valence-electron chi connectivity index (χ3n) is 3.53. The fraction of sp³-hybridized carbons (Fsp3) is 0.571. The standard InChI is InChI=1S/C14H19ClO/c1-10(12-5-6-12)14(15)9-11-3-7-13(16-2)8-4-11/h3-4,7-8,10,12,14H,5-6,9H2,1-2H3. The van der Waals surface area contributed by atoms with Crippen LogP contribution < -0.4 is 4.74 Å². The third-order valence-corrected chi connectivity index (χ3v) is 4.08. The van der Waals surface area contributed by atoms with Gasteiger partial charge in [-0.1, -0.05) is 19.1 Å². The molecule has 2 rings (SSSR count). The molecule has 16 heavy (non-hydrogen) atoms. The second kappa shape index (κ2) is 5.09. The van der Waals surface area contributed by atoms with Crippen LogP contribution >= 0.6 is 11.6 Å². The van der Waals surface area contributed by atoms with Crippen LogP contribution in [0.5, 0.6) is 5.75 Å². The molecule has 1 aliphatic carbocycles. The minimum absolute atomic E-state index is 0.265. The Labute approximate surface area is 103 Å². The van der Waals surface area contributed by atoms with Gasteiger partial charge in [0.15, 0.2) is 0 Å². The van der Waals surface area contributed by atoms with Crippen LogP contribution in [0.1, 0.15) is 25.3 Å². The monoisotopic (exact) mass is 238 g/mol. The zero-order chi connectivity index (χ0) is 11.5. The second-order valence-corrected chi connectivity index (χ2v) is 5.33. The summed E-state index contributed by atoms with van der Waals surface area (Å²) in [6.45, 7) is 2.28. The van der Waals surface area contributed by atoms with Crippen molar-refractivity contribution >= 4 is 11.6 Å². The molecule has 2 atom stereocenters. The van der Waals surface area contributed by atoms with Crippen molar-refractivity contribution in [3.05, 3.63) is 29.8 Å². The summed E-state index contributed by atoms with van der Waals surface area (Å²) in [5, 5.41) is 0.265. The molecule has 1 saturated carbocycles. The van der Waals surface area contributed by atoms with Crippen LogP contribution in [-0.2, 0) is 6.42 Å². The van der Waals surface area contributed by atoms with Gasteiger partial charge in [-0.3, -0.25) is 0 Å². The highest BCUT2D eigenvalue weighted by Gasteiger charge is 2.32. The van der Waals surface area contributed by atoms with Gasteiger partial charge in [0, 0.05) is 5.38 Å². The van der Waals surface area contributed by atoms with Crippen molar-refractivity contribution < 1.29 is 4.74 Å². The van der Waals surface area contributed by atoms with E-state index in [1.165, 1.54) is 18.4 Å². The van der Waals surface area contributed by atoms with Gasteiger partial charge in [0.05, 0.1) is 7.11 Å². The maximum atomic E-state index is 6.44. The Balaban J connectivity index is 1.91. The normalized spacial score (nSPS) is 19.2. The molecule has 0 radical (unpaired) electrons. The lowest BCUT2D eigenvalue weighted by atomic mass is 9.96. The first-order chi connectivity index (χ1) is 7.70. The largest absolute Gasteiger partial charge is 0.497 e. The van der Waals surface area contributed by atoms with Crippen molar-refractivity contribution in [3.63, 3.8) is 0 Å². The van der Waals surface area contributed by atoms with Crippen LogP contribution in [0.25, 0.3) is 0 Å². The average Bonchev–Trinajstić information content (AvgIpc) is 3.13. The first-order valence-corrected chi connectivity index (χ1v) is 6.41. The van der Waals surface area contributed by atoms with Gasteiger partial charge >= 0.3 is 0 Å². The third kappa shape index (κ3) is 2.91. The number of benzene rings is 1. The molecule has 0 saturated heterocycles. The molecule has 1 aromatic carbocycles. The van der Waals surface area contributed by atoms with Crippen LogP contribution in [0, 0.1) is 11.8 Å². The predicted octanol–water partition coefficient (Wildman–Crippen LogP) is 3.89. The summed E-state index contributed by atoms with van der Waals surface area (Å²) in [6.07, 6.45) is 3.70. The molecule has 0 bridgehead atoms. The first kappa shape index (κ1) is 11.8. The van der Waals surface area contributed by atoms with Gasteiger partial charge < -0.3 is 4.74 Å². The number of methoxy groups -OCH3 is 1. The van der Waals surface area contributed by atoms with E-state index in [0.717, 1.165) is 18.1 Å². The average molecular weight is 239 g/mol. The van der Waals surface area contributed by atoms with E-state index in [2.05, 4.69) is 19.1 Å². The minimum Gasteiger partial charge on any atom is -0.497 e. The van der Waals surface area contributed by atoms with Gasteiger partial charge in [0.1, 0.15) is 5.75 Å². The van der Waals surface area contributed by atoms with Crippen molar-refractivity contribution in [1.29, 1.82) is 0 Å². The van der Waals surface area contributed by atoms with E-state index in [1.54, 1.807) is 7.11 Å². The van der Waals surface area contributed by atoms with E-state index in [4.69, 9.17) is 16.3 Å². The molecular formula is C14H19ClO. The molecule has 0 heterocycles. The Bertz CT molecular complexity index is 329. The summed E-state index contributed by atoms with van der Waals surface area (Å²) < 4.78 is 5.14. The Kier molecular flexibility index (Phi) is 3.75. The van der Waals surface area contributed by atoms with Crippen molar-refractivity contribution in [1.82, 2.24) is 0 Å². The van der Waals surface area contributed by atoms with Gasteiger partial charge in [0.25, 0.3) is 0 Å². The van der Waals surface area contributed by atoms with Crippen LogP contribution in [0.2, 0.25) is 0 Å². The molecule has 1 nitrogen and oxygen atoms in total. The number of hydrogen-bond donors (Lipinski definition) is 0.